The van der Waals surface area contributed by atoms with Crippen LogP contribution in [0.5, 0.6) is 0 Å². The van der Waals surface area contributed by atoms with E-state index in [-0.39, 0.29) is 12.6 Å². The van der Waals surface area contributed by atoms with Crippen molar-refractivity contribution in [2.45, 2.75) is 12.2 Å². The van der Waals surface area contributed by atoms with Crippen LogP contribution in [0.3, 0.4) is 0 Å². The number of hydrogen-bond donors (Lipinski definition) is 1. The molecule has 0 saturated carbocycles. The van der Waals surface area contributed by atoms with Crippen LogP contribution in [0, 0.1) is 0 Å². The third-order valence-electron chi connectivity index (χ3n) is 2.45. The Morgan fingerprint density at radius 3 is 2.38 bits per heavy atom. The second-order valence-electron chi connectivity index (χ2n) is 3.84. The van der Waals surface area contributed by atoms with Gasteiger partial charge in [0.15, 0.2) is 0 Å². The maximum atomic E-state index is 12.5. The maximum Gasteiger partial charge on any atom is 0.416 e. The summed E-state index contributed by atoms with van der Waals surface area (Å²) in [4.78, 5) is 1.80. The lowest BCUT2D eigenvalue weighted by Crippen LogP contribution is -2.27. The molecule has 0 aliphatic rings. The van der Waals surface area contributed by atoms with E-state index in [2.05, 4.69) is 0 Å². The van der Waals surface area contributed by atoms with Gasteiger partial charge in [0.05, 0.1) is 5.56 Å². The highest BCUT2D eigenvalue weighted by molar-refractivity contribution is 5.28. The Bertz CT molecular complexity index is 347. The van der Waals surface area contributed by atoms with Crippen molar-refractivity contribution in [3.63, 3.8) is 0 Å². The highest BCUT2D eigenvalue weighted by atomic mass is 19.4. The summed E-state index contributed by atoms with van der Waals surface area (Å²) < 4.78 is 37.5. The van der Waals surface area contributed by atoms with Gasteiger partial charge >= 0.3 is 6.18 Å². The lowest BCUT2D eigenvalue weighted by Gasteiger charge is -2.23. The average molecular weight is 232 g/mol. The van der Waals surface area contributed by atoms with Crippen molar-refractivity contribution in [3.8, 4) is 0 Å². The fraction of sp³-hybridized carbons (Fsp3) is 0.455. The van der Waals surface area contributed by atoms with Crippen molar-refractivity contribution in [3.05, 3.63) is 35.4 Å². The van der Waals surface area contributed by atoms with Crippen molar-refractivity contribution in [1.82, 2.24) is 4.90 Å². The van der Waals surface area contributed by atoms with Gasteiger partial charge in [0.2, 0.25) is 0 Å². The van der Waals surface area contributed by atoms with E-state index in [1.54, 1.807) is 25.1 Å². The largest absolute Gasteiger partial charge is 0.416 e. The molecule has 1 aromatic rings. The minimum atomic E-state index is -4.30. The minimum absolute atomic E-state index is 0.192. The topological polar surface area (TPSA) is 29.3 Å². The second kappa shape index (κ2) is 4.84. The van der Waals surface area contributed by atoms with Crippen LogP contribution in [0.25, 0.3) is 0 Å². The number of rotatable bonds is 3. The van der Waals surface area contributed by atoms with Crippen LogP contribution < -0.4 is 5.73 Å². The highest BCUT2D eigenvalue weighted by Crippen LogP contribution is 2.31. The first-order valence-corrected chi connectivity index (χ1v) is 4.90. The van der Waals surface area contributed by atoms with Crippen LogP contribution in [-0.4, -0.2) is 25.5 Å². The summed E-state index contributed by atoms with van der Waals surface area (Å²) in [6.07, 6.45) is -4.30. The van der Waals surface area contributed by atoms with Crippen molar-refractivity contribution < 1.29 is 13.2 Å². The SMILES string of the molecule is CN(C)C(CN)c1cccc(C(F)(F)F)c1. The zero-order valence-corrected chi connectivity index (χ0v) is 9.25. The number of hydrogen-bond acceptors (Lipinski definition) is 2. The monoisotopic (exact) mass is 232 g/mol. The summed E-state index contributed by atoms with van der Waals surface area (Å²) in [7, 11) is 3.58. The molecule has 0 radical (unpaired) electrons. The first-order valence-electron chi connectivity index (χ1n) is 4.90. The Kier molecular flexibility index (Phi) is 3.93. The summed E-state index contributed by atoms with van der Waals surface area (Å²) in [6, 6.07) is 5.09. The van der Waals surface area contributed by atoms with Crippen LogP contribution in [0.2, 0.25) is 0 Å². The Labute approximate surface area is 92.9 Å². The number of alkyl halides is 3. The summed E-state index contributed by atoms with van der Waals surface area (Å²) in [6.45, 7) is 0.286. The van der Waals surface area contributed by atoms with E-state index >= 15 is 0 Å². The summed E-state index contributed by atoms with van der Waals surface area (Å²) >= 11 is 0. The number of likely N-dealkylation sites (N-methyl/N-ethyl adjacent to an activating group) is 1. The maximum absolute atomic E-state index is 12.5. The van der Waals surface area contributed by atoms with Gasteiger partial charge in [-0.25, -0.2) is 0 Å². The zero-order chi connectivity index (χ0) is 12.3. The quantitative estimate of drug-likeness (QED) is 0.866. The molecule has 90 valence electrons. The molecule has 0 aliphatic heterocycles. The lowest BCUT2D eigenvalue weighted by atomic mass is 10.0. The molecule has 16 heavy (non-hydrogen) atoms. The number of halogens is 3. The Balaban J connectivity index is 3.07. The van der Waals surface area contributed by atoms with Gasteiger partial charge in [-0.2, -0.15) is 13.2 Å². The Hall–Kier alpha value is -1.07. The third kappa shape index (κ3) is 2.96. The van der Waals surface area contributed by atoms with Gasteiger partial charge in [0.1, 0.15) is 0 Å². The Morgan fingerprint density at radius 2 is 1.94 bits per heavy atom. The van der Waals surface area contributed by atoms with E-state index < -0.39 is 11.7 Å². The van der Waals surface area contributed by atoms with E-state index in [0.717, 1.165) is 12.1 Å². The van der Waals surface area contributed by atoms with E-state index in [1.807, 2.05) is 0 Å². The van der Waals surface area contributed by atoms with E-state index in [9.17, 15) is 13.2 Å². The standard InChI is InChI=1S/C11H15F3N2/c1-16(2)10(7-15)8-4-3-5-9(6-8)11(12,13)14/h3-6,10H,7,15H2,1-2H3. The van der Waals surface area contributed by atoms with Crippen LogP contribution in [-0.2, 0) is 6.18 Å². The van der Waals surface area contributed by atoms with Crippen molar-refractivity contribution in [2.75, 3.05) is 20.6 Å². The van der Waals surface area contributed by atoms with Crippen LogP contribution in [0.15, 0.2) is 24.3 Å². The zero-order valence-electron chi connectivity index (χ0n) is 9.25. The molecule has 5 heteroatoms. The molecule has 0 amide bonds. The van der Waals surface area contributed by atoms with Gasteiger partial charge in [0, 0.05) is 12.6 Å². The molecule has 2 N–H and O–H groups in total. The van der Waals surface area contributed by atoms with Gasteiger partial charge in [-0.1, -0.05) is 12.1 Å². The molecule has 0 saturated heterocycles. The molecule has 0 spiro atoms. The molecular formula is C11H15F3N2. The van der Waals surface area contributed by atoms with E-state index in [0.29, 0.717) is 5.56 Å². The van der Waals surface area contributed by atoms with E-state index in [4.69, 9.17) is 5.73 Å². The predicted octanol–water partition coefficient (Wildman–Crippen LogP) is 2.27. The summed E-state index contributed by atoms with van der Waals surface area (Å²) in [5, 5.41) is 0. The van der Waals surface area contributed by atoms with Crippen molar-refractivity contribution >= 4 is 0 Å². The third-order valence-corrected chi connectivity index (χ3v) is 2.45. The van der Waals surface area contributed by atoms with Gasteiger partial charge in [-0.05, 0) is 31.8 Å². The van der Waals surface area contributed by atoms with Crippen molar-refractivity contribution in [2.24, 2.45) is 5.73 Å². The molecular weight excluding hydrogens is 217 g/mol. The molecule has 1 aromatic carbocycles. The molecule has 1 rings (SSSR count). The van der Waals surface area contributed by atoms with Gasteiger partial charge in [-0.15, -0.1) is 0 Å². The molecule has 0 fully saturated rings. The number of benzene rings is 1. The molecule has 0 heterocycles. The number of nitrogens with two attached hydrogens (primary N) is 1. The average Bonchev–Trinajstić information content (AvgIpc) is 2.17. The molecule has 2 nitrogen and oxygen atoms in total. The first kappa shape index (κ1) is 13.0. The predicted molar refractivity (Wildman–Crippen MR) is 56.9 cm³/mol. The van der Waals surface area contributed by atoms with Crippen LogP contribution >= 0.6 is 0 Å². The fourth-order valence-electron chi connectivity index (χ4n) is 1.57. The molecule has 0 aromatic heterocycles. The van der Waals surface area contributed by atoms with Crippen molar-refractivity contribution in [1.29, 1.82) is 0 Å². The molecule has 1 unspecified atom stereocenters. The molecule has 0 aliphatic carbocycles. The fourth-order valence-corrected chi connectivity index (χ4v) is 1.57. The Morgan fingerprint density at radius 1 is 1.31 bits per heavy atom. The van der Waals surface area contributed by atoms with Gasteiger partial charge in [-0.3, -0.25) is 0 Å². The van der Waals surface area contributed by atoms with Crippen LogP contribution in [0.4, 0.5) is 13.2 Å². The summed E-state index contributed by atoms with van der Waals surface area (Å²) in [5.41, 5.74) is 5.49. The molecule has 1 atom stereocenters. The highest BCUT2D eigenvalue weighted by Gasteiger charge is 2.31. The first-order chi connectivity index (χ1) is 7.36. The normalized spacial score (nSPS) is 14.2. The van der Waals surface area contributed by atoms with Crippen LogP contribution in [0.1, 0.15) is 17.2 Å². The molecule has 0 bridgehead atoms. The minimum Gasteiger partial charge on any atom is -0.329 e. The second-order valence-corrected chi connectivity index (χ2v) is 3.84. The lowest BCUT2D eigenvalue weighted by molar-refractivity contribution is -0.137. The smallest absolute Gasteiger partial charge is 0.329 e. The number of nitrogens with zero attached hydrogens (tertiary/aromatic N) is 1. The van der Waals surface area contributed by atoms with Gasteiger partial charge in [0.25, 0.3) is 0 Å². The van der Waals surface area contributed by atoms with Gasteiger partial charge < -0.3 is 10.6 Å². The van der Waals surface area contributed by atoms with E-state index in [1.165, 1.54) is 6.07 Å². The summed E-state index contributed by atoms with van der Waals surface area (Å²) in [5.74, 6) is 0.